The zero-order valence-electron chi connectivity index (χ0n) is 19.0. The van der Waals surface area contributed by atoms with E-state index < -0.39 is 5.60 Å². The molecule has 1 aliphatic heterocycles. The van der Waals surface area contributed by atoms with Gasteiger partial charge in [0.2, 0.25) is 5.91 Å². The van der Waals surface area contributed by atoms with Gasteiger partial charge in [0.25, 0.3) is 0 Å². The van der Waals surface area contributed by atoms with Crippen molar-refractivity contribution in [3.8, 4) is 0 Å². The SMILES string of the molecule is Cc1cc2c(NC(=O)[C@@H]3CN(C(=O)OC(C)(C)C)C[C@H]3c3ccccc3)cccc2cn1. The maximum absolute atomic E-state index is 13.5. The summed E-state index contributed by atoms with van der Waals surface area (Å²) in [5.74, 6) is -0.600. The van der Waals surface area contributed by atoms with E-state index in [4.69, 9.17) is 4.74 Å². The smallest absolute Gasteiger partial charge is 0.410 e. The van der Waals surface area contributed by atoms with E-state index in [1.54, 1.807) is 4.90 Å². The molecule has 1 saturated heterocycles. The molecule has 0 spiro atoms. The van der Waals surface area contributed by atoms with Gasteiger partial charge < -0.3 is 15.0 Å². The minimum absolute atomic E-state index is 0.105. The molecule has 2 amide bonds. The molecule has 1 N–H and O–H groups in total. The highest BCUT2D eigenvalue weighted by Crippen LogP contribution is 2.35. The highest BCUT2D eigenvalue weighted by molar-refractivity contribution is 6.03. The average molecular weight is 432 g/mol. The molecule has 1 aromatic heterocycles. The van der Waals surface area contributed by atoms with Crippen molar-refractivity contribution >= 4 is 28.5 Å². The number of anilines is 1. The molecular formula is C26H29N3O3. The Kier molecular flexibility index (Phi) is 5.87. The molecule has 0 radical (unpaired) electrons. The number of aromatic nitrogens is 1. The average Bonchev–Trinajstić information content (AvgIpc) is 3.20. The largest absolute Gasteiger partial charge is 0.444 e. The number of rotatable bonds is 3. The molecule has 0 aliphatic carbocycles. The van der Waals surface area contributed by atoms with Crippen molar-refractivity contribution < 1.29 is 14.3 Å². The van der Waals surface area contributed by atoms with Gasteiger partial charge >= 0.3 is 6.09 Å². The van der Waals surface area contributed by atoms with Crippen LogP contribution in [0.15, 0.2) is 60.8 Å². The van der Waals surface area contributed by atoms with Gasteiger partial charge in [-0.1, -0.05) is 42.5 Å². The van der Waals surface area contributed by atoms with Crippen LogP contribution in [0.1, 0.15) is 37.9 Å². The summed E-state index contributed by atoms with van der Waals surface area (Å²) in [4.78, 5) is 32.2. The van der Waals surface area contributed by atoms with Crippen LogP contribution in [-0.4, -0.2) is 40.6 Å². The lowest BCUT2D eigenvalue weighted by atomic mass is 9.88. The highest BCUT2D eigenvalue weighted by atomic mass is 16.6. The third kappa shape index (κ3) is 4.74. The molecular weight excluding hydrogens is 402 g/mol. The second kappa shape index (κ2) is 8.61. The van der Waals surface area contributed by atoms with E-state index in [1.807, 2.05) is 88.5 Å². The Labute approximate surface area is 188 Å². The van der Waals surface area contributed by atoms with Crippen LogP contribution in [0.3, 0.4) is 0 Å². The van der Waals surface area contributed by atoms with Gasteiger partial charge in [-0.25, -0.2) is 4.79 Å². The quantitative estimate of drug-likeness (QED) is 0.624. The summed E-state index contributed by atoms with van der Waals surface area (Å²) in [5.41, 5.74) is 2.09. The fourth-order valence-electron chi connectivity index (χ4n) is 4.19. The van der Waals surface area contributed by atoms with E-state index in [0.29, 0.717) is 13.1 Å². The highest BCUT2D eigenvalue weighted by Gasteiger charge is 2.41. The normalized spacial score (nSPS) is 18.6. The molecule has 2 atom stereocenters. The number of carbonyl (C=O) groups excluding carboxylic acids is 2. The van der Waals surface area contributed by atoms with E-state index in [2.05, 4.69) is 10.3 Å². The van der Waals surface area contributed by atoms with E-state index in [1.165, 1.54) is 0 Å². The van der Waals surface area contributed by atoms with Crippen molar-refractivity contribution in [3.63, 3.8) is 0 Å². The Bertz CT molecular complexity index is 1140. The third-order valence-electron chi connectivity index (χ3n) is 5.69. The number of pyridine rings is 1. The van der Waals surface area contributed by atoms with Crippen LogP contribution in [-0.2, 0) is 9.53 Å². The molecule has 4 rings (SSSR count). The minimum atomic E-state index is -0.589. The standard InChI is InChI=1S/C26H29N3O3/c1-17-13-20-19(14-27-17)11-8-12-23(20)28-24(30)22-16-29(25(31)32-26(2,3)4)15-21(22)18-9-6-5-7-10-18/h5-14,21-22H,15-16H2,1-4H3,(H,28,30)/t21-,22+/m0/s1. The molecule has 1 fully saturated rings. The Balaban J connectivity index is 1.61. The van der Waals surface area contributed by atoms with Gasteiger partial charge in [0.05, 0.1) is 5.92 Å². The Morgan fingerprint density at radius 1 is 1.06 bits per heavy atom. The number of nitrogens with one attached hydrogen (secondary N) is 1. The number of likely N-dealkylation sites (tertiary alicyclic amines) is 1. The number of amides is 2. The van der Waals surface area contributed by atoms with E-state index >= 15 is 0 Å². The van der Waals surface area contributed by atoms with Crippen LogP contribution in [0.5, 0.6) is 0 Å². The summed E-state index contributed by atoms with van der Waals surface area (Å²) in [6.45, 7) is 8.21. The van der Waals surface area contributed by atoms with Gasteiger partial charge in [-0.05, 0) is 45.4 Å². The summed E-state index contributed by atoms with van der Waals surface area (Å²) in [6.07, 6.45) is 1.42. The number of benzene rings is 2. The molecule has 166 valence electrons. The Hall–Kier alpha value is -3.41. The second-order valence-corrected chi connectivity index (χ2v) is 9.35. The molecule has 6 heteroatoms. The first kappa shape index (κ1) is 21.8. The number of aryl methyl sites for hydroxylation is 1. The molecule has 6 nitrogen and oxygen atoms in total. The van der Waals surface area contributed by atoms with Crippen molar-refractivity contribution in [1.82, 2.24) is 9.88 Å². The van der Waals surface area contributed by atoms with E-state index in [9.17, 15) is 9.59 Å². The zero-order valence-corrected chi connectivity index (χ0v) is 19.0. The lowest BCUT2D eigenvalue weighted by Crippen LogP contribution is -2.36. The van der Waals surface area contributed by atoms with Crippen LogP contribution in [0.25, 0.3) is 10.8 Å². The molecule has 2 heterocycles. The van der Waals surface area contributed by atoms with Crippen molar-refractivity contribution in [2.75, 3.05) is 18.4 Å². The molecule has 3 aromatic rings. The predicted octanol–water partition coefficient (Wildman–Crippen LogP) is 5.13. The fourth-order valence-corrected chi connectivity index (χ4v) is 4.19. The number of fused-ring (bicyclic) bond motifs is 1. The number of nitrogens with zero attached hydrogens (tertiary/aromatic N) is 2. The molecule has 2 aromatic carbocycles. The van der Waals surface area contributed by atoms with Gasteiger partial charge in [-0.2, -0.15) is 0 Å². The van der Waals surface area contributed by atoms with Crippen molar-refractivity contribution in [2.45, 2.75) is 39.2 Å². The first-order valence-electron chi connectivity index (χ1n) is 10.9. The third-order valence-corrected chi connectivity index (χ3v) is 5.69. The van der Waals surface area contributed by atoms with E-state index in [0.717, 1.165) is 27.7 Å². The first-order chi connectivity index (χ1) is 15.2. The molecule has 0 bridgehead atoms. The molecule has 0 unspecified atom stereocenters. The van der Waals surface area contributed by atoms with Crippen LogP contribution < -0.4 is 5.32 Å². The lowest BCUT2D eigenvalue weighted by Gasteiger charge is -2.24. The van der Waals surface area contributed by atoms with Gasteiger partial charge in [-0.15, -0.1) is 0 Å². The Morgan fingerprint density at radius 3 is 2.53 bits per heavy atom. The van der Waals surface area contributed by atoms with Crippen molar-refractivity contribution in [2.24, 2.45) is 5.92 Å². The zero-order chi connectivity index (χ0) is 22.9. The number of carbonyl (C=O) groups is 2. The van der Waals surface area contributed by atoms with Crippen LogP contribution in [0, 0.1) is 12.8 Å². The monoisotopic (exact) mass is 431 g/mol. The molecule has 0 saturated carbocycles. The second-order valence-electron chi connectivity index (χ2n) is 9.35. The van der Waals surface area contributed by atoms with E-state index in [-0.39, 0.29) is 23.8 Å². The summed E-state index contributed by atoms with van der Waals surface area (Å²) in [5, 5.41) is 5.03. The maximum Gasteiger partial charge on any atom is 0.410 e. The summed E-state index contributed by atoms with van der Waals surface area (Å²) in [7, 11) is 0. The minimum Gasteiger partial charge on any atom is -0.444 e. The van der Waals surface area contributed by atoms with Crippen LogP contribution in [0.2, 0.25) is 0 Å². The Morgan fingerprint density at radius 2 is 1.81 bits per heavy atom. The van der Waals surface area contributed by atoms with Crippen LogP contribution in [0.4, 0.5) is 10.5 Å². The topological polar surface area (TPSA) is 71.5 Å². The number of ether oxygens (including phenoxy) is 1. The molecule has 1 aliphatic rings. The van der Waals surface area contributed by atoms with Gasteiger partial charge in [-0.3, -0.25) is 9.78 Å². The summed E-state index contributed by atoms with van der Waals surface area (Å²) >= 11 is 0. The summed E-state index contributed by atoms with van der Waals surface area (Å²) < 4.78 is 5.57. The van der Waals surface area contributed by atoms with Crippen LogP contribution >= 0.6 is 0 Å². The van der Waals surface area contributed by atoms with Gasteiger partial charge in [0.15, 0.2) is 0 Å². The number of hydrogen-bond donors (Lipinski definition) is 1. The summed E-state index contributed by atoms with van der Waals surface area (Å²) in [6, 6.07) is 17.6. The molecule has 32 heavy (non-hydrogen) atoms. The number of hydrogen-bond acceptors (Lipinski definition) is 4. The van der Waals surface area contributed by atoms with Crippen molar-refractivity contribution in [3.05, 3.63) is 72.1 Å². The lowest BCUT2D eigenvalue weighted by molar-refractivity contribution is -0.119. The van der Waals surface area contributed by atoms with Gasteiger partial charge in [0, 0.05) is 47.4 Å². The maximum atomic E-state index is 13.5. The first-order valence-corrected chi connectivity index (χ1v) is 10.9. The predicted molar refractivity (Wildman–Crippen MR) is 126 cm³/mol. The van der Waals surface area contributed by atoms with Crippen molar-refractivity contribution in [1.29, 1.82) is 0 Å². The fraction of sp³-hybridized carbons (Fsp3) is 0.346. The van der Waals surface area contributed by atoms with Gasteiger partial charge in [0.1, 0.15) is 5.60 Å².